The number of aliphatic hydroxyl groups is 1. The molecule has 0 amide bonds. The fourth-order valence-electron chi connectivity index (χ4n) is 1.41. The molecule has 1 aromatic heterocycles. The molecule has 1 N–H and O–H groups in total. The van der Waals surface area contributed by atoms with Crippen molar-refractivity contribution >= 4 is 17.4 Å². The number of carbonyl (C=O) groups is 1. The average molecular weight is 260 g/mol. The van der Waals surface area contributed by atoms with Crippen LogP contribution in [-0.2, 0) is 6.54 Å². The number of halogens is 1. The van der Waals surface area contributed by atoms with Crippen molar-refractivity contribution in [1.29, 1.82) is 0 Å². The molecule has 1 aromatic rings. The van der Waals surface area contributed by atoms with Crippen LogP contribution in [0.3, 0.4) is 0 Å². The summed E-state index contributed by atoms with van der Waals surface area (Å²) < 4.78 is 1.55. The molecule has 0 aliphatic heterocycles. The monoisotopic (exact) mass is 259 g/mol. The number of likely N-dealkylation sites (N-methyl/N-ethyl adjacent to an activating group) is 1. The summed E-state index contributed by atoms with van der Waals surface area (Å²) in [4.78, 5) is 13.9. The first-order valence-corrected chi connectivity index (χ1v) is 5.93. The van der Waals surface area contributed by atoms with Gasteiger partial charge in [0.05, 0.1) is 17.8 Å². The molecule has 6 heteroatoms. The Morgan fingerprint density at radius 3 is 2.82 bits per heavy atom. The highest BCUT2D eigenvalue weighted by Crippen LogP contribution is 2.18. The van der Waals surface area contributed by atoms with Crippen molar-refractivity contribution < 1.29 is 9.90 Å². The third-order valence-corrected chi connectivity index (χ3v) is 2.75. The maximum absolute atomic E-state index is 11.9. The van der Waals surface area contributed by atoms with Crippen LogP contribution in [0.25, 0.3) is 0 Å². The van der Waals surface area contributed by atoms with E-state index in [2.05, 4.69) is 5.10 Å². The third kappa shape index (κ3) is 3.52. The summed E-state index contributed by atoms with van der Waals surface area (Å²) in [5.41, 5.74) is 0.294. The molecule has 0 radical (unpaired) electrons. The topological polar surface area (TPSA) is 58.4 Å². The minimum Gasteiger partial charge on any atom is -0.385 e. The van der Waals surface area contributed by atoms with Crippen LogP contribution >= 0.6 is 11.6 Å². The van der Waals surface area contributed by atoms with Crippen LogP contribution in [0.5, 0.6) is 0 Å². The molecule has 0 aliphatic carbocycles. The van der Waals surface area contributed by atoms with E-state index in [9.17, 15) is 9.90 Å². The number of carbonyl (C=O) groups excluding carboxylic acids is 1. The van der Waals surface area contributed by atoms with E-state index in [1.807, 2.05) is 19.0 Å². The second-order valence-corrected chi connectivity index (χ2v) is 4.56. The van der Waals surface area contributed by atoms with Crippen molar-refractivity contribution in [1.82, 2.24) is 14.7 Å². The third-order valence-electron chi connectivity index (χ3n) is 2.48. The van der Waals surface area contributed by atoms with Crippen LogP contribution in [0.15, 0.2) is 6.20 Å². The molecule has 0 aromatic carbocycles. The van der Waals surface area contributed by atoms with Crippen LogP contribution < -0.4 is 0 Å². The van der Waals surface area contributed by atoms with Gasteiger partial charge in [0.15, 0.2) is 0 Å². The van der Waals surface area contributed by atoms with Gasteiger partial charge in [0.25, 0.3) is 0 Å². The Balaban J connectivity index is 2.90. The van der Waals surface area contributed by atoms with E-state index in [0.29, 0.717) is 23.7 Å². The highest BCUT2D eigenvalue weighted by Gasteiger charge is 2.23. The Bertz CT molecular complexity index is 390. The van der Waals surface area contributed by atoms with Crippen molar-refractivity contribution in [3.8, 4) is 0 Å². The molecule has 17 heavy (non-hydrogen) atoms. The molecule has 0 aliphatic rings. The maximum atomic E-state index is 11.9. The van der Waals surface area contributed by atoms with Crippen molar-refractivity contribution in [2.75, 3.05) is 20.6 Å². The smallest absolute Gasteiger partial charge is 0.210 e. The van der Waals surface area contributed by atoms with Gasteiger partial charge in [-0.3, -0.25) is 9.48 Å². The van der Waals surface area contributed by atoms with Crippen LogP contribution in [0, 0.1) is 0 Å². The molecule has 0 saturated heterocycles. The largest absolute Gasteiger partial charge is 0.385 e. The van der Waals surface area contributed by atoms with Gasteiger partial charge in [-0.1, -0.05) is 18.5 Å². The predicted molar refractivity (Wildman–Crippen MR) is 66.4 cm³/mol. The normalized spacial score (nSPS) is 13.1. The predicted octanol–water partition coefficient (Wildman–Crippen LogP) is 1.05. The average Bonchev–Trinajstić information content (AvgIpc) is 2.65. The van der Waals surface area contributed by atoms with Gasteiger partial charge in [0.1, 0.15) is 11.8 Å². The fourth-order valence-corrected chi connectivity index (χ4v) is 1.65. The van der Waals surface area contributed by atoms with E-state index >= 15 is 0 Å². The molecule has 96 valence electrons. The van der Waals surface area contributed by atoms with Crippen LogP contribution in [0.4, 0.5) is 0 Å². The molecule has 0 bridgehead atoms. The number of ketones is 1. The zero-order valence-electron chi connectivity index (χ0n) is 10.4. The van der Waals surface area contributed by atoms with E-state index in [4.69, 9.17) is 11.6 Å². The van der Waals surface area contributed by atoms with Gasteiger partial charge in [0.2, 0.25) is 5.78 Å². The number of aliphatic hydroxyl groups excluding tert-OH is 1. The molecular weight excluding hydrogens is 242 g/mol. The lowest BCUT2D eigenvalue weighted by Crippen LogP contribution is -2.26. The second kappa shape index (κ2) is 6.14. The number of Topliss-reactive ketones (excluding diaryl/α,β-unsaturated/α-hetero) is 1. The summed E-state index contributed by atoms with van der Waals surface area (Å²) in [5.74, 6) is -0.367. The number of hydrogen-bond acceptors (Lipinski definition) is 4. The highest BCUT2D eigenvalue weighted by molar-refractivity contribution is 6.33. The molecule has 0 fully saturated rings. The Kier molecular flexibility index (Phi) is 5.11. The Hall–Kier alpha value is -0.910. The quantitative estimate of drug-likeness (QED) is 0.776. The number of nitrogens with zero attached hydrogens (tertiary/aromatic N) is 3. The van der Waals surface area contributed by atoms with Gasteiger partial charge in [-0.15, -0.1) is 0 Å². The number of aromatic nitrogens is 2. The first-order chi connectivity index (χ1) is 7.97. The fraction of sp³-hybridized carbons (Fsp3) is 0.636. The van der Waals surface area contributed by atoms with Crippen LogP contribution in [-0.4, -0.2) is 52.3 Å². The molecule has 1 unspecified atom stereocenters. The Labute approximate surface area is 106 Å². The van der Waals surface area contributed by atoms with E-state index < -0.39 is 6.10 Å². The molecule has 1 atom stereocenters. The number of rotatable bonds is 6. The Morgan fingerprint density at radius 2 is 2.29 bits per heavy atom. The van der Waals surface area contributed by atoms with E-state index in [1.54, 1.807) is 11.6 Å². The lowest BCUT2D eigenvalue weighted by Gasteiger charge is -2.13. The SMILES string of the molecule is CCC(O)C(=O)c1c(Cl)cnn1CCN(C)C. The standard InChI is InChI=1S/C11H18ClN3O2/c1-4-9(16)11(17)10-8(12)7-13-15(10)6-5-14(2)3/h7,9,16H,4-6H2,1-3H3. The van der Waals surface area contributed by atoms with Crippen molar-refractivity contribution in [3.63, 3.8) is 0 Å². The van der Waals surface area contributed by atoms with Crippen LogP contribution in [0.2, 0.25) is 5.02 Å². The van der Waals surface area contributed by atoms with Gasteiger partial charge in [0, 0.05) is 6.54 Å². The zero-order valence-corrected chi connectivity index (χ0v) is 11.1. The van der Waals surface area contributed by atoms with Gasteiger partial charge >= 0.3 is 0 Å². The summed E-state index contributed by atoms with van der Waals surface area (Å²) in [6.07, 6.45) is 0.795. The minimum atomic E-state index is -1.01. The van der Waals surface area contributed by atoms with Crippen molar-refractivity contribution in [2.45, 2.75) is 26.0 Å². The number of hydrogen-bond donors (Lipinski definition) is 1. The summed E-state index contributed by atoms with van der Waals surface area (Å²) in [6.45, 7) is 3.06. The van der Waals surface area contributed by atoms with Gasteiger partial charge in [-0.05, 0) is 20.5 Å². The molecule has 1 heterocycles. The van der Waals surface area contributed by atoms with Crippen molar-refractivity contribution in [2.24, 2.45) is 0 Å². The molecule has 0 spiro atoms. The van der Waals surface area contributed by atoms with Gasteiger partial charge < -0.3 is 10.0 Å². The minimum absolute atomic E-state index is 0.293. The van der Waals surface area contributed by atoms with Gasteiger partial charge in [-0.25, -0.2) is 0 Å². The first-order valence-electron chi connectivity index (χ1n) is 5.55. The molecule has 1 rings (SSSR count). The van der Waals surface area contributed by atoms with E-state index in [-0.39, 0.29) is 5.78 Å². The lowest BCUT2D eigenvalue weighted by atomic mass is 10.1. The molecular formula is C11H18ClN3O2. The van der Waals surface area contributed by atoms with Gasteiger partial charge in [-0.2, -0.15) is 5.10 Å². The molecule has 5 nitrogen and oxygen atoms in total. The maximum Gasteiger partial charge on any atom is 0.210 e. The summed E-state index contributed by atoms with van der Waals surface area (Å²) in [6, 6.07) is 0. The van der Waals surface area contributed by atoms with E-state index in [0.717, 1.165) is 6.54 Å². The van der Waals surface area contributed by atoms with Crippen LogP contribution in [0.1, 0.15) is 23.8 Å². The van der Waals surface area contributed by atoms with Crippen molar-refractivity contribution in [3.05, 3.63) is 16.9 Å². The summed E-state index contributed by atoms with van der Waals surface area (Å²) >= 11 is 5.93. The molecule has 0 saturated carbocycles. The first kappa shape index (κ1) is 14.2. The second-order valence-electron chi connectivity index (χ2n) is 4.16. The lowest BCUT2D eigenvalue weighted by molar-refractivity contribution is 0.0728. The van der Waals surface area contributed by atoms with E-state index in [1.165, 1.54) is 6.20 Å². The Morgan fingerprint density at radius 1 is 1.65 bits per heavy atom. The zero-order chi connectivity index (χ0) is 13.0. The summed E-state index contributed by atoms with van der Waals surface area (Å²) in [7, 11) is 3.88. The summed E-state index contributed by atoms with van der Waals surface area (Å²) in [5, 5.41) is 13.9. The highest BCUT2D eigenvalue weighted by atomic mass is 35.5.